The first-order chi connectivity index (χ1) is 7.61. The molecule has 2 N–H and O–H groups in total. The van der Waals surface area contributed by atoms with Gasteiger partial charge in [0.2, 0.25) is 0 Å². The van der Waals surface area contributed by atoms with Gasteiger partial charge in [-0.1, -0.05) is 30.7 Å². The minimum absolute atomic E-state index is 0.119. The third kappa shape index (κ3) is 4.64. The van der Waals surface area contributed by atoms with E-state index in [0.29, 0.717) is 5.02 Å². The predicted molar refractivity (Wildman–Crippen MR) is 64.1 cm³/mol. The summed E-state index contributed by atoms with van der Waals surface area (Å²) in [7, 11) is 0. The maximum atomic E-state index is 11.3. The highest BCUT2D eigenvalue weighted by molar-refractivity contribution is 6.30. The molecule has 1 rings (SSSR count). The van der Waals surface area contributed by atoms with Crippen LogP contribution < -0.4 is 5.73 Å². The zero-order chi connectivity index (χ0) is 12.0. The second-order valence-electron chi connectivity index (χ2n) is 3.66. The lowest BCUT2D eigenvalue weighted by Crippen LogP contribution is -2.23. The van der Waals surface area contributed by atoms with Crippen molar-refractivity contribution < 1.29 is 9.53 Å². The number of carbonyl (C=O) groups is 1. The fourth-order valence-electron chi connectivity index (χ4n) is 1.21. The van der Waals surface area contributed by atoms with Gasteiger partial charge in [0.05, 0.1) is 6.42 Å². The quantitative estimate of drug-likeness (QED) is 0.806. The smallest absolute Gasteiger partial charge is 0.307 e. The van der Waals surface area contributed by atoms with Gasteiger partial charge in [-0.2, -0.15) is 0 Å². The summed E-state index contributed by atoms with van der Waals surface area (Å²) in [6.45, 7) is 2.19. The van der Waals surface area contributed by atoms with Crippen LogP contribution in [0.4, 0.5) is 0 Å². The number of hydrogen-bond donors (Lipinski definition) is 1. The lowest BCUT2D eigenvalue weighted by atomic mass is 10.2. The molecule has 0 amide bonds. The summed E-state index contributed by atoms with van der Waals surface area (Å²) in [4.78, 5) is 11.3. The topological polar surface area (TPSA) is 52.3 Å². The molecule has 0 radical (unpaired) electrons. The van der Waals surface area contributed by atoms with Crippen LogP contribution in [-0.2, 0) is 16.1 Å². The zero-order valence-corrected chi connectivity index (χ0v) is 10.0. The van der Waals surface area contributed by atoms with E-state index >= 15 is 0 Å². The fourth-order valence-corrected chi connectivity index (χ4v) is 1.42. The molecule has 1 aromatic carbocycles. The van der Waals surface area contributed by atoms with E-state index in [1.807, 2.05) is 19.1 Å². The summed E-state index contributed by atoms with van der Waals surface area (Å²) < 4.78 is 5.08. The van der Waals surface area contributed by atoms with Crippen LogP contribution in [0.2, 0.25) is 5.02 Å². The van der Waals surface area contributed by atoms with Gasteiger partial charge in [0.25, 0.3) is 0 Å². The van der Waals surface area contributed by atoms with Crippen molar-refractivity contribution in [2.45, 2.75) is 32.4 Å². The first kappa shape index (κ1) is 13.0. The van der Waals surface area contributed by atoms with Gasteiger partial charge >= 0.3 is 5.97 Å². The Kier molecular flexibility index (Phi) is 5.29. The maximum absolute atomic E-state index is 11.3. The van der Waals surface area contributed by atoms with Crippen LogP contribution in [0.5, 0.6) is 0 Å². The van der Waals surface area contributed by atoms with E-state index in [2.05, 4.69) is 0 Å². The van der Waals surface area contributed by atoms with E-state index in [-0.39, 0.29) is 25.0 Å². The molecule has 0 aliphatic heterocycles. The highest BCUT2D eigenvalue weighted by atomic mass is 35.5. The van der Waals surface area contributed by atoms with Crippen LogP contribution in [-0.4, -0.2) is 12.0 Å². The SMILES string of the molecule is CCC(N)CC(=O)OCc1cccc(Cl)c1. The summed E-state index contributed by atoms with van der Waals surface area (Å²) in [5, 5.41) is 0.638. The normalized spacial score (nSPS) is 12.2. The minimum Gasteiger partial charge on any atom is -0.461 e. The molecular weight excluding hydrogens is 226 g/mol. The van der Waals surface area contributed by atoms with Crippen LogP contribution in [0.25, 0.3) is 0 Å². The van der Waals surface area contributed by atoms with Crippen LogP contribution in [0.3, 0.4) is 0 Å². The largest absolute Gasteiger partial charge is 0.461 e. The number of hydrogen-bond acceptors (Lipinski definition) is 3. The lowest BCUT2D eigenvalue weighted by molar-refractivity contribution is -0.145. The summed E-state index contributed by atoms with van der Waals surface area (Å²) in [6, 6.07) is 7.11. The van der Waals surface area contributed by atoms with Crippen molar-refractivity contribution in [3.05, 3.63) is 34.9 Å². The molecule has 0 heterocycles. The van der Waals surface area contributed by atoms with Crippen molar-refractivity contribution in [1.82, 2.24) is 0 Å². The second-order valence-corrected chi connectivity index (χ2v) is 4.10. The fraction of sp³-hybridized carbons (Fsp3) is 0.417. The number of carbonyl (C=O) groups excluding carboxylic acids is 1. The summed E-state index contributed by atoms with van der Waals surface area (Å²) in [6.07, 6.45) is 1.03. The third-order valence-corrected chi connectivity index (χ3v) is 2.48. The van der Waals surface area contributed by atoms with E-state index < -0.39 is 0 Å². The number of halogens is 1. The van der Waals surface area contributed by atoms with Crippen LogP contribution in [0, 0.1) is 0 Å². The Morgan fingerprint density at radius 2 is 2.31 bits per heavy atom. The van der Waals surface area contributed by atoms with Gasteiger partial charge in [-0.3, -0.25) is 4.79 Å². The number of esters is 1. The van der Waals surface area contributed by atoms with E-state index in [0.717, 1.165) is 12.0 Å². The lowest BCUT2D eigenvalue weighted by Gasteiger charge is -2.08. The molecule has 88 valence electrons. The Morgan fingerprint density at radius 3 is 2.94 bits per heavy atom. The van der Waals surface area contributed by atoms with Crippen molar-refractivity contribution in [1.29, 1.82) is 0 Å². The molecule has 0 saturated carbocycles. The molecule has 0 aliphatic rings. The molecule has 0 fully saturated rings. The average molecular weight is 242 g/mol. The van der Waals surface area contributed by atoms with Crippen molar-refractivity contribution in [3.63, 3.8) is 0 Å². The van der Waals surface area contributed by atoms with Gasteiger partial charge in [0, 0.05) is 11.1 Å². The zero-order valence-electron chi connectivity index (χ0n) is 9.28. The standard InChI is InChI=1S/C12H16ClNO2/c1-2-11(14)7-12(15)16-8-9-4-3-5-10(13)6-9/h3-6,11H,2,7-8,14H2,1H3. The number of nitrogens with two attached hydrogens (primary N) is 1. The second kappa shape index (κ2) is 6.51. The number of benzene rings is 1. The molecule has 1 unspecified atom stereocenters. The Balaban J connectivity index is 2.37. The predicted octanol–water partition coefficient (Wildman–Crippen LogP) is 2.51. The molecule has 0 spiro atoms. The van der Waals surface area contributed by atoms with Crippen LogP contribution in [0.15, 0.2) is 24.3 Å². The minimum atomic E-state index is -0.269. The summed E-state index contributed by atoms with van der Waals surface area (Å²) in [5.41, 5.74) is 6.53. The first-order valence-corrected chi connectivity index (χ1v) is 5.65. The van der Waals surface area contributed by atoms with Gasteiger partial charge in [-0.05, 0) is 24.1 Å². The van der Waals surface area contributed by atoms with E-state index in [4.69, 9.17) is 22.1 Å². The number of ether oxygens (including phenoxy) is 1. The molecule has 0 saturated heterocycles. The van der Waals surface area contributed by atoms with E-state index in [1.54, 1.807) is 12.1 Å². The van der Waals surface area contributed by atoms with Gasteiger partial charge in [0.15, 0.2) is 0 Å². The summed E-state index contributed by atoms with van der Waals surface area (Å²) in [5.74, 6) is -0.269. The van der Waals surface area contributed by atoms with Crippen LogP contribution in [0.1, 0.15) is 25.3 Å². The molecule has 0 bridgehead atoms. The molecule has 4 heteroatoms. The van der Waals surface area contributed by atoms with Crippen molar-refractivity contribution in [3.8, 4) is 0 Å². The Hall–Kier alpha value is -1.06. The molecule has 3 nitrogen and oxygen atoms in total. The molecular formula is C12H16ClNO2. The molecule has 0 aromatic heterocycles. The third-order valence-electron chi connectivity index (χ3n) is 2.24. The molecule has 0 aliphatic carbocycles. The van der Waals surface area contributed by atoms with Crippen molar-refractivity contribution >= 4 is 17.6 Å². The highest BCUT2D eigenvalue weighted by Crippen LogP contribution is 2.11. The Labute approximate surface area is 101 Å². The average Bonchev–Trinajstić information content (AvgIpc) is 2.26. The molecule has 16 heavy (non-hydrogen) atoms. The Bertz CT molecular complexity index is 355. The first-order valence-electron chi connectivity index (χ1n) is 5.27. The van der Waals surface area contributed by atoms with Crippen LogP contribution >= 0.6 is 11.6 Å². The van der Waals surface area contributed by atoms with E-state index in [9.17, 15) is 4.79 Å². The molecule has 1 aromatic rings. The van der Waals surface area contributed by atoms with E-state index in [1.165, 1.54) is 0 Å². The van der Waals surface area contributed by atoms with Crippen molar-refractivity contribution in [2.24, 2.45) is 5.73 Å². The molecule has 1 atom stereocenters. The van der Waals surface area contributed by atoms with Gasteiger partial charge < -0.3 is 10.5 Å². The van der Waals surface area contributed by atoms with Gasteiger partial charge in [0.1, 0.15) is 6.61 Å². The maximum Gasteiger partial charge on any atom is 0.307 e. The Morgan fingerprint density at radius 1 is 1.56 bits per heavy atom. The van der Waals surface area contributed by atoms with Crippen molar-refractivity contribution in [2.75, 3.05) is 0 Å². The summed E-state index contributed by atoms with van der Waals surface area (Å²) >= 11 is 5.81. The monoisotopic (exact) mass is 241 g/mol. The highest BCUT2D eigenvalue weighted by Gasteiger charge is 2.08. The van der Waals surface area contributed by atoms with Gasteiger partial charge in [-0.15, -0.1) is 0 Å². The number of rotatable bonds is 5. The van der Waals surface area contributed by atoms with Gasteiger partial charge in [-0.25, -0.2) is 0 Å².